The van der Waals surface area contributed by atoms with Gasteiger partial charge in [0.25, 0.3) is 0 Å². The molecule has 0 saturated carbocycles. The standard InChI is InChI=1S/C8H12O3.C3H8O2/c1-6(9)2-3-8-7(10)4-5-11-8;1-3(2,4)5/h8H,2-5H2,1H3;4-5H,1-2H3. The second-order valence-corrected chi connectivity index (χ2v) is 4.31. The van der Waals surface area contributed by atoms with Gasteiger partial charge in [0.1, 0.15) is 11.9 Å². The molecule has 1 aliphatic rings. The van der Waals surface area contributed by atoms with Crippen molar-refractivity contribution in [2.75, 3.05) is 6.61 Å². The zero-order valence-electron chi connectivity index (χ0n) is 10.0. The SMILES string of the molecule is CC(=O)CCC1OCCC1=O.CC(C)(O)O. The zero-order valence-corrected chi connectivity index (χ0v) is 10.0. The van der Waals surface area contributed by atoms with Gasteiger partial charge in [-0.2, -0.15) is 0 Å². The molecule has 5 heteroatoms. The minimum Gasteiger partial charge on any atom is -0.370 e. The number of ketones is 2. The van der Waals surface area contributed by atoms with E-state index in [9.17, 15) is 9.59 Å². The number of carbonyl (C=O) groups excluding carboxylic acids is 2. The number of aliphatic hydroxyl groups is 2. The number of rotatable bonds is 3. The summed E-state index contributed by atoms with van der Waals surface area (Å²) in [6, 6.07) is 0. The summed E-state index contributed by atoms with van der Waals surface area (Å²) in [6.07, 6.45) is 1.24. The Bertz CT molecular complexity index is 235. The van der Waals surface area contributed by atoms with Crippen molar-refractivity contribution in [2.45, 2.75) is 51.9 Å². The van der Waals surface area contributed by atoms with E-state index in [0.29, 0.717) is 25.9 Å². The van der Waals surface area contributed by atoms with Crippen LogP contribution in [0.5, 0.6) is 0 Å². The summed E-state index contributed by atoms with van der Waals surface area (Å²) in [5, 5.41) is 16.2. The monoisotopic (exact) mass is 232 g/mol. The molecule has 0 radical (unpaired) electrons. The first-order chi connectivity index (χ1) is 7.20. The Labute approximate surface area is 95.4 Å². The van der Waals surface area contributed by atoms with Gasteiger partial charge in [-0.3, -0.25) is 4.79 Å². The molecule has 0 aromatic rings. The Morgan fingerprint density at radius 3 is 2.31 bits per heavy atom. The highest BCUT2D eigenvalue weighted by molar-refractivity contribution is 5.85. The van der Waals surface area contributed by atoms with Crippen molar-refractivity contribution in [3.8, 4) is 0 Å². The summed E-state index contributed by atoms with van der Waals surface area (Å²) in [5.74, 6) is -1.24. The van der Waals surface area contributed by atoms with Crippen LogP contribution in [0, 0.1) is 0 Å². The summed E-state index contributed by atoms with van der Waals surface area (Å²) in [7, 11) is 0. The fraction of sp³-hybridized carbons (Fsp3) is 0.818. The molecule has 0 bridgehead atoms. The molecule has 1 unspecified atom stereocenters. The van der Waals surface area contributed by atoms with Gasteiger partial charge >= 0.3 is 0 Å². The normalized spacial score (nSPS) is 20.3. The zero-order chi connectivity index (χ0) is 12.8. The highest BCUT2D eigenvalue weighted by Gasteiger charge is 2.24. The summed E-state index contributed by atoms with van der Waals surface area (Å²) >= 11 is 0. The van der Waals surface area contributed by atoms with E-state index in [2.05, 4.69) is 0 Å². The third-order valence-electron chi connectivity index (χ3n) is 1.79. The van der Waals surface area contributed by atoms with Crippen molar-refractivity contribution >= 4 is 11.6 Å². The average Bonchev–Trinajstić information content (AvgIpc) is 2.44. The molecule has 94 valence electrons. The highest BCUT2D eigenvalue weighted by Crippen LogP contribution is 2.13. The van der Waals surface area contributed by atoms with E-state index in [0.717, 1.165) is 0 Å². The van der Waals surface area contributed by atoms with Crippen LogP contribution < -0.4 is 0 Å². The molecule has 16 heavy (non-hydrogen) atoms. The molecule has 0 aromatic carbocycles. The molecule has 2 N–H and O–H groups in total. The van der Waals surface area contributed by atoms with E-state index in [1.807, 2.05) is 0 Å². The van der Waals surface area contributed by atoms with Gasteiger partial charge < -0.3 is 19.7 Å². The van der Waals surface area contributed by atoms with Gasteiger partial charge in [-0.1, -0.05) is 0 Å². The molecule has 5 nitrogen and oxygen atoms in total. The van der Waals surface area contributed by atoms with E-state index in [4.69, 9.17) is 14.9 Å². The predicted octanol–water partition coefficient (Wildman–Crippen LogP) is 0.421. The Kier molecular flexibility index (Phi) is 6.40. The van der Waals surface area contributed by atoms with Crippen molar-refractivity contribution in [3.63, 3.8) is 0 Å². The fourth-order valence-electron chi connectivity index (χ4n) is 1.13. The molecular weight excluding hydrogens is 212 g/mol. The van der Waals surface area contributed by atoms with Gasteiger partial charge in [-0.25, -0.2) is 0 Å². The minimum absolute atomic E-state index is 0.119. The highest BCUT2D eigenvalue weighted by atomic mass is 16.5. The first-order valence-corrected chi connectivity index (χ1v) is 5.28. The fourth-order valence-corrected chi connectivity index (χ4v) is 1.13. The Morgan fingerprint density at radius 2 is 2.00 bits per heavy atom. The lowest BCUT2D eigenvalue weighted by Gasteiger charge is -2.04. The molecule has 1 heterocycles. The second-order valence-electron chi connectivity index (χ2n) is 4.31. The topological polar surface area (TPSA) is 83.8 Å². The molecule has 1 rings (SSSR count). The quantitative estimate of drug-likeness (QED) is 0.689. The van der Waals surface area contributed by atoms with Gasteiger partial charge in [0.15, 0.2) is 11.6 Å². The smallest absolute Gasteiger partial charge is 0.163 e. The van der Waals surface area contributed by atoms with Crippen LogP contribution in [0.1, 0.15) is 40.0 Å². The Morgan fingerprint density at radius 1 is 1.50 bits per heavy atom. The van der Waals surface area contributed by atoms with E-state index in [-0.39, 0.29) is 17.7 Å². The molecule has 1 fully saturated rings. The minimum atomic E-state index is -1.50. The molecule has 0 aliphatic carbocycles. The van der Waals surface area contributed by atoms with Crippen LogP contribution in [0.4, 0.5) is 0 Å². The lowest BCUT2D eigenvalue weighted by Crippen LogP contribution is -2.15. The molecule has 1 saturated heterocycles. The van der Waals surface area contributed by atoms with Crippen LogP contribution in [0.3, 0.4) is 0 Å². The van der Waals surface area contributed by atoms with Crippen LogP contribution in [0.2, 0.25) is 0 Å². The predicted molar refractivity (Wildman–Crippen MR) is 57.8 cm³/mol. The number of hydrogen-bond donors (Lipinski definition) is 2. The van der Waals surface area contributed by atoms with E-state index in [1.165, 1.54) is 20.8 Å². The largest absolute Gasteiger partial charge is 0.370 e. The summed E-state index contributed by atoms with van der Waals surface area (Å²) in [6.45, 7) is 4.65. The van der Waals surface area contributed by atoms with Gasteiger partial charge in [-0.05, 0) is 27.2 Å². The maximum atomic E-state index is 11.0. The van der Waals surface area contributed by atoms with Gasteiger partial charge in [0, 0.05) is 12.8 Å². The van der Waals surface area contributed by atoms with E-state index >= 15 is 0 Å². The molecule has 1 aliphatic heterocycles. The molecule has 0 aromatic heterocycles. The summed E-state index contributed by atoms with van der Waals surface area (Å²) in [4.78, 5) is 21.5. The van der Waals surface area contributed by atoms with Crippen molar-refractivity contribution in [2.24, 2.45) is 0 Å². The van der Waals surface area contributed by atoms with Crippen LogP contribution in [0.15, 0.2) is 0 Å². The first kappa shape index (κ1) is 15.2. The summed E-state index contributed by atoms with van der Waals surface area (Å²) in [5.41, 5.74) is 0. The molecule has 0 amide bonds. The van der Waals surface area contributed by atoms with Crippen LogP contribution in [-0.2, 0) is 14.3 Å². The number of Topliss-reactive ketones (excluding diaryl/α,β-unsaturated/α-hetero) is 2. The van der Waals surface area contributed by atoms with Crippen molar-refractivity contribution in [1.82, 2.24) is 0 Å². The molecular formula is C11H20O5. The number of hydrogen-bond acceptors (Lipinski definition) is 5. The lowest BCUT2D eigenvalue weighted by molar-refractivity contribution is -0.127. The van der Waals surface area contributed by atoms with Crippen molar-refractivity contribution in [1.29, 1.82) is 0 Å². The first-order valence-electron chi connectivity index (χ1n) is 5.28. The Balaban J connectivity index is 0.000000385. The molecule has 0 spiro atoms. The van der Waals surface area contributed by atoms with Crippen LogP contribution >= 0.6 is 0 Å². The number of carbonyl (C=O) groups is 2. The third-order valence-corrected chi connectivity index (χ3v) is 1.79. The lowest BCUT2D eigenvalue weighted by atomic mass is 10.1. The van der Waals surface area contributed by atoms with Gasteiger partial charge in [0.05, 0.1) is 6.61 Å². The Hall–Kier alpha value is -0.780. The maximum Gasteiger partial charge on any atom is 0.163 e. The van der Waals surface area contributed by atoms with Crippen molar-refractivity contribution < 1.29 is 24.5 Å². The van der Waals surface area contributed by atoms with Crippen molar-refractivity contribution in [3.05, 3.63) is 0 Å². The van der Waals surface area contributed by atoms with Crippen LogP contribution in [0.25, 0.3) is 0 Å². The summed E-state index contributed by atoms with van der Waals surface area (Å²) < 4.78 is 5.11. The van der Waals surface area contributed by atoms with E-state index < -0.39 is 5.79 Å². The van der Waals surface area contributed by atoms with Gasteiger partial charge in [-0.15, -0.1) is 0 Å². The van der Waals surface area contributed by atoms with Crippen LogP contribution in [-0.4, -0.2) is 40.3 Å². The van der Waals surface area contributed by atoms with E-state index in [1.54, 1.807) is 0 Å². The third kappa shape index (κ3) is 9.76. The maximum absolute atomic E-state index is 11.0. The second kappa shape index (κ2) is 6.73. The average molecular weight is 232 g/mol. The molecule has 1 atom stereocenters. The van der Waals surface area contributed by atoms with Gasteiger partial charge in [0.2, 0.25) is 0 Å². The number of ether oxygens (including phenoxy) is 1.